The number of nitrogens with zero attached hydrogens (tertiary/aromatic N) is 1. The third kappa shape index (κ3) is 4.71. The van der Waals surface area contributed by atoms with Crippen molar-refractivity contribution in [3.05, 3.63) is 86.3 Å². The summed E-state index contributed by atoms with van der Waals surface area (Å²) < 4.78 is 32.1. The van der Waals surface area contributed by atoms with E-state index in [2.05, 4.69) is 36.9 Å². The summed E-state index contributed by atoms with van der Waals surface area (Å²) >= 11 is 6.82. The first kappa shape index (κ1) is 20.8. The Morgan fingerprint density at radius 1 is 0.964 bits per heavy atom. The Kier molecular flexibility index (Phi) is 6.37. The van der Waals surface area contributed by atoms with Gasteiger partial charge in [0.05, 0.1) is 10.2 Å². The minimum atomic E-state index is -3.98. The molecule has 0 heterocycles. The van der Waals surface area contributed by atoms with E-state index in [1.165, 1.54) is 12.1 Å². The molecule has 7 heteroatoms. The second-order valence-corrected chi connectivity index (χ2v) is 9.45. The lowest BCUT2D eigenvalue weighted by Gasteiger charge is -2.12. The van der Waals surface area contributed by atoms with Crippen LogP contribution in [0.5, 0.6) is 5.75 Å². The van der Waals surface area contributed by atoms with E-state index in [1.54, 1.807) is 36.5 Å². The Hall–Kier alpha value is -1.96. The van der Waals surface area contributed by atoms with Gasteiger partial charge in [-0.25, -0.2) is 0 Å². The third-order valence-electron chi connectivity index (χ3n) is 4.18. The quantitative estimate of drug-likeness (QED) is 0.290. The summed E-state index contributed by atoms with van der Waals surface area (Å²) in [7, 11) is -3.98. The molecule has 3 aromatic carbocycles. The van der Waals surface area contributed by atoms with Gasteiger partial charge in [-0.05, 0) is 71.2 Å². The van der Waals surface area contributed by atoms with Crippen LogP contribution in [0, 0.1) is 13.8 Å². The summed E-state index contributed by atoms with van der Waals surface area (Å²) in [4.78, 5) is 4.63. The van der Waals surface area contributed by atoms with Crippen molar-refractivity contribution in [2.75, 3.05) is 0 Å². The summed E-state index contributed by atoms with van der Waals surface area (Å²) in [6, 6.07) is 17.4. The lowest BCUT2D eigenvalue weighted by Crippen LogP contribution is -2.11. The molecule has 0 spiro atoms. The molecular formula is C21H17Br2NO3S. The van der Waals surface area contributed by atoms with Gasteiger partial charge in [0.2, 0.25) is 0 Å². The van der Waals surface area contributed by atoms with Crippen LogP contribution in [0.25, 0.3) is 0 Å². The first-order chi connectivity index (χ1) is 13.3. The van der Waals surface area contributed by atoms with Crippen LogP contribution >= 0.6 is 31.9 Å². The van der Waals surface area contributed by atoms with Crippen molar-refractivity contribution in [2.45, 2.75) is 18.7 Å². The minimum absolute atomic E-state index is 0.0854. The predicted octanol–water partition coefficient (Wildman–Crippen LogP) is 6.35. The van der Waals surface area contributed by atoms with Crippen LogP contribution in [0.2, 0.25) is 0 Å². The lowest BCUT2D eigenvalue weighted by molar-refractivity contribution is 0.484. The zero-order valence-corrected chi connectivity index (χ0v) is 19.2. The Bertz CT molecular complexity index is 1140. The van der Waals surface area contributed by atoms with Gasteiger partial charge in [0.15, 0.2) is 5.75 Å². The fourth-order valence-corrected chi connectivity index (χ4v) is 4.96. The van der Waals surface area contributed by atoms with Crippen LogP contribution in [0.15, 0.2) is 79.5 Å². The van der Waals surface area contributed by atoms with Crippen molar-refractivity contribution in [3.63, 3.8) is 0 Å². The average Bonchev–Trinajstić information content (AvgIpc) is 2.66. The van der Waals surface area contributed by atoms with Crippen LogP contribution < -0.4 is 4.18 Å². The molecule has 0 aliphatic heterocycles. The van der Waals surface area contributed by atoms with E-state index in [0.29, 0.717) is 10.0 Å². The standard InChI is InChI=1S/C21H17Br2NO3S/c1-14-7-6-10-20(15(14)2)24-13-16-11-17(22)12-19(23)21(16)27-28(25,26)18-8-4-3-5-9-18/h3-13H,1-2H3. The van der Waals surface area contributed by atoms with Crippen LogP contribution in [-0.4, -0.2) is 14.6 Å². The molecule has 28 heavy (non-hydrogen) atoms. The van der Waals surface area contributed by atoms with Crippen molar-refractivity contribution < 1.29 is 12.6 Å². The van der Waals surface area contributed by atoms with Gasteiger partial charge in [-0.2, -0.15) is 8.42 Å². The largest absolute Gasteiger partial charge is 0.377 e. The number of hydrogen-bond donors (Lipinski definition) is 0. The Labute approximate surface area is 181 Å². The molecule has 3 rings (SSSR count). The summed E-state index contributed by atoms with van der Waals surface area (Å²) in [5.41, 5.74) is 3.54. The second-order valence-electron chi connectivity index (χ2n) is 6.13. The molecule has 0 fully saturated rings. The molecule has 0 unspecified atom stereocenters. The Morgan fingerprint density at radius 3 is 2.39 bits per heavy atom. The second kappa shape index (κ2) is 8.59. The molecule has 144 valence electrons. The van der Waals surface area contributed by atoms with E-state index in [9.17, 15) is 8.42 Å². The summed E-state index contributed by atoms with van der Waals surface area (Å²) in [6.45, 7) is 4.02. The number of benzene rings is 3. The maximum Gasteiger partial charge on any atom is 0.339 e. The van der Waals surface area contributed by atoms with Gasteiger partial charge in [-0.1, -0.05) is 46.3 Å². The van der Waals surface area contributed by atoms with E-state index >= 15 is 0 Å². The van der Waals surface area contributed by atoms with Gasteiger partial charge in [0, 0.05) is 16.3 Å². The molecular weight excluding hydrogens is 506 g/mol. The highest BCUT2D eigenvalue weighted by atomic mass is 79.9. The molecule has 0 aliphatic rings. The Balaban J connectivity index is 2.03. The topological polar surface area (TPSA) is 55.7 Å². The van der Waals surface area contributed by atoms with E-state index in [1.807, 2.05) is 32.0 Å². The van der Waals surface area contributed by atoms with Crippen LogP contribution in [-0.2, 0) is 10.1 Å². The maximum absolute atomic E-state index is 12.7. The van der Waals surface area contributed by atoms with E-state index in [4.69, 9.17) is 4.18 Å². The molecule has 0 saturated carbocycles. The predicted molar refractivity (Wildman–Crippen MR) is 119 cm³/mol. The normalized spacial score (nSPS) is 11.7. The highest BCUT2D eigenvalue weighted by Gasteiger charge is 2.20. The number of aryl methyl sites for hydroxylation is 1. The molecule has 0 atom stereocenters. The smallest absolute Gasteiger partial charge is 0.339 e. The molecule has 0 aromatic heterocycles. The molecule has 0 N–H and O–H groups in total. The van der Waals surface area contributed by atoms with Crippen molar-refractivity contribution in [1.29, 1.82) is 0 Å². The lowest BCUT2D eigenvalue weighted by atomic mass is 10.1. The number of rotatable bonds is 5. The summed E-state index contributed by atoms with van der Waals surface area (Å²) in [6.07, 6.45) is 1.60. The molecule has 0 amide bonds. The average molecular weight is 523 g/mol. The summed E-state index contributed by atoms with van der Waals surface area (Å²) in [5, 5.41) is 0. The van der Waals surface area contributed by atoms with Crippen molar-refractivity contribution in [2.24, 2.45) is 4.99 Å². The fraction of sp³-hybridized carbons (Fsp3) is 0.0952. The molecule has 0 aliphatic carbocycles. The first-order valence-electron chi connectivity index (χ1n) is 8.37. The summed E-state index contributed by atoms with van der Waals surface area (Å²) in [5.74, 6) is 0.182. The SMILES string of the molecule is Cc1cccc(N=Cc2cc(Br)cc(Br)c2OS(=O)(=O)c2ccccc2)c1C. The van der Waals surface area contributed by atoms with Crippen LogP contribution in [0.1, 0.15) is 16.7 Å². The highest BCUT2D eigenvalue weighted by Crippen LogP contribution is 2.34. The van der Waals surface area contributed by atoms with E-state index in [0.717, 1.165) is 21.3 Å². The molecule has 0 radical (unpaired) electrons. The number of aliphatic imine (C=N–C) groups is 1. The van der Waals surface area contributed by atoms with Crippen molar-refractivity contribution in [1.82, 2.24) is 0 Å². The van der Waals surface area contributed by atoms with Gasteiger partial charge in [0.1, 0.15) is 4.90 Å². The van der Waals surface area contributed by atoms with Gasteiger partial charge in [-0.3, -0.25) is 4.99 Å². The van der Waals surface area contributed by atoms with E-state index < -0.39 is 10.1 Å². The van der Waals surface area contributed by atoms with E-state index in [-0.39, 0.29) is 10.6 Å². The van der Waals surface area contributed by atoms with Gasteiger partial charge in [0.25, 0.3) is 0 Å². The molecule has 0 saturated heterocycles. The Morgan fingerprint density at radius 2 is 1.68 bits per heavy atom. The zero-order valence-electron chi connectivity index (χ0n) is 15.2. The van der Waals surface area contributed by atoms with Crippen LogP contribution in [0.4, 0.5) is 5.69 Å². The van der Waals surface area contributed by atoms with Crippen molar-refractivity contribution in [3.8, 4) is 5.75 Å². The molecule has 3 aromatic rings. The first-order valence-corrected chi connectivity index (χ1v) is 11.4. The number of halogens is 2. The van der Waals surface area contributed by atoms with Crippen LogP contribution in [0.3, 0.4) is 0 Å². The third-order valence-corrected chi connectivity index (χ3v) is 6.46. The molecule has 0 bridgehead atoms. The number of hydrogen-bond acceptors (Lipinski definition) is 4. The fourth-order valence-electron chi connectivity index (χ4n) is 2.52. The van der Waals surface area contributed by atoms with Gasteiger partial charge in [-0.15, -0.1) is 0 Å². The van der Waals surface area contributed by atoms with Crippen molar-refractivity contribution >= 4 is 53.9 Å². The van der Waals surface area contributed by atoms with Gasteiger partial charge < -0.3 is 4.18 Å². The minimum Gasteiger partial charge on any atom is -0.377 e. The highest BCUT2D eigenvalue weighted by molar-refractivity contribution is 9.11. The molecule has 4 nitrogen and oxygen atoms in total. The monoisotopic (exact) mass is 521 g/mol. The van der Waals surface area contributed by atoms with Gasteiger partial charge >= 0.3 is 10.1 Å². The zero-order chi connectivity index (χ0) is 20.3. The maximum atomic E-state index is 12.7.